The summed E-state index contributed by atoms with van der Waals surface area (Å²) in [6.07, 6.45) is 0. The lowest BCUT2D eigenvalue weighted by molar-refractivity contribution is 0.669. The Balaban J connectivity index is 1.15. The topological polar surface area (TPSA) is 56.7 Å². The minimum Gasteiger partial charge on any atom is -0.456 e. The summed E-state index contributed by atoms with van der Waals surface area (Å²) in [7, 11) is 0. The zero-order chi connectivity index (χ0) is 42.1. The van der Waals surface area contributed by atoms with Crippen LogP contribution in [0.5, 0.6) is 0 Å². The third-order valence-electron chi connectivity index (χ3n) is 12.6. The van der Waals surface area contributed by atoms with Crippen LogP contribution >= 0.6 is 0 Å². The molecule has 64 heavy (non-hydrogen) atoms. The number of hydrogen-bond donors (Lipinski definition) is 0. The van der Waals surface area contributed by atoms with Gasteiger partial charge in [-0.05, 0) is 75.3 Å². The first kappa shape index (κ1) is 36.0. The van der Waals surface area contributed by atoms with E-state index in [1.807, 2.05) is 48.5 Å². The van der Waals surface area contributed by atoms with Crippen molar-refractivity contribution in [1.29, 1.82) is 0 Å². The fraction of sp³-hybridized carbons (Fsp3) is 0. The molecule has 0 atom stereocenters. The zero-order valence-corrected chi connectivity index (χ0v) is 34.5. The van der Waals surface area contributed by atoms with Gasteiger partial charge in [0.2, 0.25) is 0 Å². The van der Waals surface area contributed by atoms with Gasteiger partial charge >= 0.3 is 0 Å². The molecular formula is C59H36N4O. The lowest BCUT2D eigenvalue weighted by Crippen LogP contribution is -2.03. The lowest BCUT2D eigenvalue weighted by Gasteiger charge is -2.20. The number of hydrogen-bond acceptors (Lipinski definition) is 4. The highest BCUT2D eigenvalue weighted by Crippen LogP contribution is 2.45. The lowest BCUT2D eigenvalue weighted by atomic mass is 9.92. The van der Waals surface area contributed by atoms with E-state index in [0.29, 0.717) is 17.5 Å². The Hall–Kier alpha value is -8.67. The van der Waals surface area contributed by atoms with E-state index in [1.165, 1.54) is 21.5 Å². The van der Waals surface area contributed by atoms with E-state index in [9.17, 15) is 0 Å². The second kappa shape index (κ2) is 14.5. The molecule has 5 heteroatoms. The maximum atomic E-state index is 6.37. The Morgan fingerprint density at radius 1 is 0.312 bits per heavy atom. The number of aromatic nitrogens is 4. The summed E-state index contributed by atoms with van der Waals surface area (Å²) in [5, 5.41) is 8.94. The van der Waals surface area contributed by atoms with Gasteiger partial charge in [0.05, 0.1) is 16.7 Å². The van der Waals surface area contributed by atoms with Gasteiger partial charge in [-0.1, -0.05) is 176 Å². The van der Waals surface area contributed by atoms with Gasteiger partial charge in [0.15, 0.2) is 17.5 Å². The molecule has 0 saturated carbocycles. The summed E-state index contributed by atoms with van der Waals surface area (Å²) < 4.78 is 8.85. The highest BCUT2D eigenvalue weighted by atomic mass is 16.3. The van der Waals surface area contributed by atoms with Crippen LogP contribution in [0, 0.1) is 0 Å². The molecule has 0 bridgehead atoms. The van der Waals surface area contributed by atoms with Crippen LogP contribution in [0.4, 0.5) is 0 Å². The summed E-state index contributed by atoms with van der Waals surface area (Å²) in [6, 6.07) is 77.1. The average molecular weight is 817 g/mol. The van der Waals surface area contributed by atoms with Gasteiger partial charge in [-0.15, -0.1) is 0 Å². The third kappa shape index (κ3) is 5.75. The molecule has 0 saturated heterocycles. The summed E-state index contributed by atoms with van der Waals surface area (Å²) in [6.45, 7) is 0. The van der Waals surface area contributed by atoms with Gasteiger partial charge in [-0.3, -0.25) is 0 Å². The largest absolute Gasteiger partial charge is 0.456 e. The van der Waals surface area contributed by atoms with E-state index in [-0.39, 0.29) is 0 Å². The number of furan rings is 1. The van der Waals surface area contributed by atoms with Crippen molar-refractivity contribution in [3.63, 3.8) is 0 Å². The second-order valence-electron chi connectivity index (χ2n) is 16.3. The normalized spacial score (nSPS) is 11.8. The summed E-state index contributed by atoms with van der Waals surface area (Å²) in [4.78, 5) is 16.0. The minimum atomic E-state index is 0.580. The number of nitrogens with zero attached hydrogens (tertiary/aromatic N) is 4. The van der Waals surface area contributed by atoms with Crippen LogP contribution in [0.3, 0.4) is 0 Å². The van der Waals surface area contributed by atoms with E-state index >= 15 is 0 Å². The predicted octanol–water partition coefficient (Wildman–Crippen LogP) is 15.5. The third-order valence-corrected chi connectivity index (χ3v) is 12.6. The molecule has 3 aromatic heterocycles. The molecule has 0 aliphatic heterocycles. The number of benzene rings is 10. The monoisotopic (exact) mass is 816 g/mol. The van der Waals surface area contributed by atoms with Crippen LogP contribution in [0.25, 0.3) is 127 Å². The quantitative estimate of drug-likeness (QED) is 0.168. The van der Waals surface area contributed by atoms with Crippen LogP contribution in [0.15, 0.2) is 223 Å². The van der Waals surface area contributed by atoms with Gasteiger partial charge in [-0.2, -0.15) is 0 Å². The van der Waals surface area contributed by atoms with E-state index in [1.54, 1.807) is 0 Å². The molecule has 0 radical (unpaired) electrons. The first-order valence-electron chi connectivity index (χ1n) is 21.6. The smallest absolute Gasteiger partial charge is 0.164 e. The van der Waals surface area contributed by atoms with Gasteiger partial charge in [-0.25, -0.2) is 15.0 Å². The fourth-order valence-corrected chi connectivity index (χ4v) is 9.69. The first-order chi connectivity index (χ1) is 31.7. The van der Waals surface area contributed by atoms with E-state index in [0.717, 1.165) is 88.4 Å². The van der Waals surface area contributed by atoms with Crippen molar-refractivity contribution in [1.82, 2.24) is 19.5 Å². The molecule has 13 rings (SSSR count). The van der Waals surface area contributed by atoms with Crippen molar-refractivity contribution >= 4 is 65.3 Å². The Morgan fingerprint density at radius 3 is 1.70 bits per heavy atom. The van der Waals surface area contributed by atoms with Gasteiger partial charge in [0, 0.05) is 49.2 Å². The van der Waals surface area contributed by atoms with Gasteiger partial charge < -0.3 is 8.98 Å². The van der Waals surface area contributed by atoms with E-state index in [4.69, 9.17) is 19.4 Å². The fourth-order valence-electron chi connectivity index (χ4n) is 9.69. The Labute approximate surface area is 368 Å². The molecule has 0 aliphatic carbocycles. The maximum Gasteiger partial charge on any atom is 0.164 e. The van der Waals surface area contributed by atoms with Gasteiger partial charge in [0.25, 0.3) is 0 Å². The molecule has 3 heterocycles. The number of rotatable bonds is 6. The first-order valence-corrected chi connectivity index (χ1v) is 21.6. The van der Waals surface area contributed by atoms with Crippen LogP contribution < -0.4 is 0 Å². The van der Waals surface area contributed by atoms with Crippen LogP contribution in [0.2, 0.25) is 0 Å². The van der Waals surface area contributed by atoms with Crippen molar-refractivity contribution in [2.75, 3.05) is 0 Å². The molecule has 5 nitrogen and oxygen atoms in total. The highest BCUT2D eigenvalue weighted by molar-refractivity contribution is 6.17. The SMILES string of the molecule is c1ccc(-c2cccc(-c3cc(-c4nc(-c5ccccc5)nc(-c5cccc6oc7ccccc7c56)n4)c4ccccc4c3-n3c4ccccc4c4cc5ccccc5cc43)c2)cc1. The van der Waals surface area contributed by atoms with Crippen LogP contribution in [-0.2, 0) is 0 Å². The molecule has 0 aliphatic rings. The highest BCUT2D eigenvalue weighted by Gasteiger charge is 2.24. The van der Waals surface area contributed by atoms with Crippen molar-refractivity contribution in [3.05, 3.63) is 218 Å². The van der Waals surface area contributed by atoms with Crippen molar-refractivity contribution in [2.45, 2.75) is 0 Å². The number of para-hydroxylation sites is 2. The molecule has 0 spiro atoms. The minimum absolute atomic E-state index is 0.580. The Morgan fingerprint density at radius 2 is 0.891 bits per heavy atom. The standard InChI is InChI=1S/C59H36N4O/c1-3-17-37(18-4-1)39-23-15-24-42(33-39)48-36-50(43-25-9-10-27-45(43)56(48)63-51-30-13-11-26-44(51)49-34-40-21-7-8-22-41(40)35-52(49)63)59-61-57(38-19-5-2-6-20-38)60-58(62-59)47-29-16-32-54-55(47)46-28-12-14-31-53(46)64-54/h1-36H. The summed E-state index contributed by atoms with van der Waals surface area (Å²) in [5.74, 6) is 1.77. The molecule has 10 aromatic carbocycles. The average Bonchev–Trinajstić information content (AvgIpc) is 3.91. The molecular weight excluding hydrogens is 781 g/mol. The molecule has 0 unspecified atom stereocenters. The Kier molecular flexibility index (Phi) is 8.15. The summed E-state index contributed by atoms with van der Waals surface area (Å²) in [5.41, 5.74) is 12.1. The molecule has 0 amide bonds. The van der Waals surface area contributed by atoms with Crippen LogP contribution in [-0.4, -0.2) is 19.5 Å². The second-order valence-corrected chi connectivity index (χ2v) is 16.3. The van der Waals surface area contributed by atoms with Gasteiger partial charge in [0.1, 0.15) is 11.2 Å². The number of fused-ring (bicyclic) bond motifs is 8. The molecule has 0 N–H and O–H groups in total. The summed E-state index contributed by atoms with van der Waals surface area (Å²) >= 11 is 0. The van der Waals surface area contributed by atoms with Crippen molar-refractivity contribution < 1.29 is 4.42 Å². The van der Waals surface area contributed by atoms with Crippen molar-refractivity contribution in [2.24, 2.45) is 0 Å². The molecule has 298 valence electrons. The zero-order valence-electron chi connectivity index (χ0n) is 34.5. The van der Waals surface area contributed by atoms with Crippen LogP contribution in [0.1, 0.15) is 0 Å². The van der Waals surface area contributed by atoms with E-state index in [2.05, 4.69) is 174 Å². The molecule has 0 fully saturated rings. The van der Waals surface area contributed by atoms with E-state index < -0.39 is 0 Å². The van der Waals surface area contributed by atoms with Crippen molar-refractivity contribution in [3.8, 4) is 62.1 Å². The Bertz CT molecular complexity index is 3960. The predicted molar refractivity (Wildman–Crippen MR) is 264 cm³/mol. The maximum absolute atomic E-state index is 6.37. The molecule has 13 aromatic rings.